The van der Waals surface area contributed by atoms with Crippen molar-refractivity contribution in [1.82, 2.24) is 4.90 Å². The number of carbonyl (C=O) groups excluding carboxylic acids is 2. The number of hydrogen-bond donors (Lipinski definition) is 1. The van der Waals surface area contributed by atoms with Crippen molar-refractivity contribution in [2.75, 3.05) is 13.2 Å². The number of likely N-dealkylation sites (tertiary alicyclic amines) is 1. The summed E-state index contributed by atoms with van der Waals surface area (Å²) < 4.78 is 11.6. The third-order valence-corrected chi connectivity index (χ3v) is 5.85. The minimum absolute atomic E-state index is 0.0127. The van der Waals surface area contributed by atoms with Crippen molar-refractivity contribution >= 4 is 29.1 Å². The number of amides is 1. The number of Topliss-reactive ketones (excluding diaryl/α,β-unsaturated/α-hetero) is 1. The Labute approximate surface area is 209 Å². The fourth-order valence-electron chi connectivity index (χ4n) is 3.98. The molecule has 0 spiro atoms. The first-order valence-electron chi connectivity index (χ1n) is 11.3. The highest BCUT2D eigenvalue weighted by Gasteiger charge is 2.46. The van der Waals surface area contributed by atoms with Crippen molar-refractivity contribution in [3.05, 3.63) is 101 Å². The van der Waals surface area contributed by atoms with E-state index < -0.39 is 17.7 Å². The molecule has 1 aliphatic rings. The first kappa shape index (κ1) is 24.5. The Morgan fingerprint density at radius 1 is 0.971 bits per heavy atom. The normalized spacial score (nSPS) is 17.3. The Morgan fingerprint density at radius 2 is 1.66 bits per heavy atom. The van der Waals surface area contributed by atoms with Gasteiger partial charge >= 0.3 is 0 Å². The Balaban J connectivity index is 1.77. The van der Waals surface area contributed by atoms with Crippen LogP contribution in [0.2, 0.25) is 5.02 Å². The second kappa shape index (κ2) is 10.8. The van der Waals surface area contributed by atoms with E-state index in [1.54, 1.807) is 48.5 Å². The van der Waals surface area contributed by atoms with Crippen LogP contribution in [0.25, 0.3) is 5.76 Å². The zero-order chi connectivity index (χ0) is 24.9. The zero-order valence-corrected chi connectivity index (χ0v) is 20.2. The fourth-order valence-corrected chi connectivity index (χ4v) is 4.11. The lowest BCUT2D eigenvalue weighted by molar-refractivity contribution is -0.140. The maximum atomic E-state index is 13.1. The number of aliphatic hydroxyl groups excluding tert-OH is 1. The number of carbonyl (C=O) groups is 2. The van der Waals surface area contributed by atoms with Crippen LogP contribution in [-0.2, 0) is 14.3 Å². The molecule has 7 heteroatoms. The van der Waals surface area contributed by atoms with Gasteiger partial charge in [-0.2, -0.15) is 0 Å². The van der Waals surface area contributed by atoms with Gasteiger partial charge in [0.2, 0.25) is 0 Å². The maximum absolute atomic E-state index is 13.1. The fraction of sp³-hybridized carbons (Fsp3) is 0.214. The van der Waals surface area contributed by atoms with E-state index in [1.807, 2.05) is 44.2 Å². The van der Waals surface area contributed by atoms with E-state index in [9.17, 15) is 14.7 Å². The molecule has 1 unspecified atom stereocenters. The highest BCUT2D eigenvalue weighted by molar-refractivity contribution is 6.46. The number of ether oxygens (including phenoxy) is 2. The van der Waals surface area contributed by atoms with Crippen LogP contribution in [-0.4, -0.2) is 41.0 Å². The molecule has 0 aromatic heterocycles. The average Bonchev–Trinajstić information content (AvgIpc) is 3.10. The lowest BCUT2D eigenvalue weighted by Crippen LogP contribution is -2.33. The van der Waals surface area contributed by atoms with Crippen molar-refractivity contribution in [2.45, 2.75) is 26.0 Å². The molecule has 4 rings (SSSR count). The topological polar surface area (TPSA) is 76.1 Å². The van der Waals surface area contributed by atoms with E-state index in [4.69, 9.17) is 21.1 Å². The number of nitrogens with zero attached hydrogens (tertiary/aromatic N) is 1. The standard InChI is InChI=1S/C28H26ClNO5/c1-18(2)34-16-15-30-25(20-7-6-10-23(17-20)35-22-8-4-3-5-9-22)24(27(32)28(30)33)26(31)19-11-13-21(29)14-12-19/h3-14,17-18,25,31H,15-16H2,1-2H3/b26-24-. The number of para-hydroxylation sites is 1. The second-order valence-corrected chi connectivity index (χ2v) is 8.84. The van der Waals surface area contributed by atoms with E-state index in [2.05, 4.69) is 0 Å². The highest BCUT2D eigenvalue weighted by atomic mass is 35.5. The summed E-state index contributed by atoms with van der Waals surface area (Å²) in [6.45, 7) is 4.24. The average molecular weight is 492 g/mol. The minimum atomic E-state index is -0.805. The molecular formula is C28H26ClNO5. The number of rotatable bonds is 8. The van der Waals surface area contributed by atoms with E-state index in [1.165, 1.54) is 4.90 Å². The molecule has 1 heterocycles. The van der Waals surface area contributed by atoms with E-state index in [-0.39, 0.29) is 30.6 Å². The molecule has 6 nitrogen and oxygen atoms in total. The molecule has 3 aromatic carbocycles. The first-order valence-corrected chi connectivity index (χ1v) is 11.7. The van der Waals surface area contributed by atoms with Gasteiger partial charge in [0.25, 0.3) is 11.7 Å². The summed E-state index contributed by atoms with van der Waals surface area (Å²) in [5, 5.41) is 11.6. The van der Waals surface area contributed by atoms with Gasteiger partial charge in [-0.3, -0.25) is 9.59 Å². The molecule has 1 N–H and O–H groups in total. The number of halogens is 1. The van der Waals surface area contributed by atoms with Gasteiger partial charge in [0.05, 0.1) is 24.3 Å². The van der Waals surface area contributed by atoms with E-state index in [0.717, 1.165) is 0 Å². The summed E-state index contributed by atoms with van der Waals surface area (Å²) >= 11 is 5.99. The van der Waals surface area contributed by atoms with E-state index >= 15 is 0 Å². The molecule has 1 fully saturated rings. The molecule has 0 aliphatic carbocycles. The molecule has 180 valence electrons. The summed E-state index contributed by atoms with van der Waals surface area (Å²) in [5.41, 5.74) is 1.05. The van der Waals surface area contributed by atoms with Crippen LogP contribution in [0.3, 0.4) is 0 Å². The zero-order valence-electron chi connectivity index (χ0n) is 19.5. The molecule has 1 saturated heterocycles. The SMILES string of the molecule is CC(C)OCCN1C(=O)C(=O)/C(=C(\O)c2ccc(Cl)cc2)C1c1cccc(Oc2ccccc2)c1. The predicted octanol–water partition coefficient (Wildman–Crippen LogP) is 5.98. The van der Waals surface area contributed by atoms with Gasteiger partial charge < -0.3 is 19.5 Å². The number of hydrogen-bond acceptors (Lipinski definition) is 5. The predicted molar refractivity (Wildman–Crippen MR) is 135 cm³/mol. The van der Waals surface area contributed by atoms with Gasteiger partial charge in [-0.25, -0.2) is 0 Å². The van der Waals surface area contributed by atoms with Gasteiger partial charge in [-0.15, -0.1) is 0 Å². The quantitative estimate of drug-likeness (QED) is 0.238. The van der Waals surface area contributed by atoms with Crippen LogP contribution in [0.1, 0.15) is 31.0 Å². The third-order valence-electron chi connectivity index (χ3n) is 5.59. The Morgan fingerprint density at radius 3 is 2.34 bits per heavy atom. The highest BCUT2D eigenvalue weighted by Crippen LogP contribution is 2.40. The Kier molecular flexibility index (Phi) is 7.54. The van der Waals surface area contributed by atoms with Crippen molar-refractivity contribution < 1.29 is 24.2 Å². The Bertz CT molecular complexity index is 1240. The van der Waals surface area contributed by atoms with Crippen molar-refractivity contribution in [3.8, 4) is 11.5 Å². The molecular weight excluding hydrogens is 466 g/mol. The second-order valence-electron chi connectivity index (χ2n) is 8.41. The van der Waals surface area contributed by atoms with Gasteiger partial charge in [-0.1, -0.05) is 41.9 Å². The van der Waals surface area contributed by atoms with Gasteiger partial charge in [-0.05, 0) is 67.9 Å². The van der Waals surface area contributed by atoms with Crippen molar-refractivity contribution in [1.29, 1.82) is 0 Å². The molecule has 35 heavy (non-hydrogen) atoms. The number of aliphatic hydroxyl groups is 1. The molecule has 0 saturated carbocycles. The number of benzene rings is 3. The van der Waals surface area contributed by atoms with Crippen molar-refractivity contribution in [3.63, 3.8) is 0 Å². The summed E-state index contributed by atoms with van der Waals surface area (Å²) in [6.07, 6.45) is -0.0260. The largest absolute Gasteiger partial charge is 0.507 e. The van der Waals surface area contributed by atoms with Crippen LogP contribution in [0.4, 0.5) is 0 Å². The molecule has 0 radical (unpaired) electrons. The smallest absolute Gasteiger partial charge is 0.295 e. The monoisotopic (exact) mass is 491 g/mol. The van der Waals surface area contributed by atoms with E-state index in [0.29, 0.717) is 27.6 Å². The minimum Gasteiger partial charge on any atom is -0.507 e. The lowest BCUT2D eigenvalue weighted by Gasteiger charge is -2.26. The van der Waals surface area contributed by atoms with Crippen LogP contribution in [0.15, 0.2) is 84.4 Å². The van der Waals surface area contributed by atoms with Gasteiger partial charge in [0.15, 0.2) is 0 Å². The number of ketones is 1. The summed E-state index contributed by atoms with van der Waals surface area (Å²) in [5.74, 6) is -0.491. The van der Waals surface area contributed by atoms with Gasteiger partial charge in [0.1, 0.15) is 17.3 Å². The first-order chi connectivity index (χ1) is 16.8. The van der Waals surface area contributed by atoms with Gasteiger partial charge in [0, 0.05) is 17.1 Å². The van der Waals surface area contributed by atoms with Crippen LogP contribution < -0.4 is 4.74 Å². The molecule has 1 atom stereocenters. The molecule has 3 aromatic rings. The van der Waals surface area contributed by atoms with Crippen LogP contribution >= 0.6 is 11.6 Å². The maximum Gasteiger partial charge on any atom is 0.295 e. The lowest BCUT2D eigenvalue weighted by atomic mass is 9.95. The molecule has 1 aliphatic heterocycles. The van der Waals surface area contributed by atoms with Crippen molar-refractivity contribution in [2.24, 2.45) is 0 Å². The summed E-state index contributed by atoms with van der Waals surface area (Å²) in [6, 6.07) is 22.1. The summed E-state index contributed by atoms with van der Waals surface area (Å²) in [7, 11) is 0. The third kappa shape index (κ3) is 5.56. The molecule has 1 amide bonds. The summed E-state index contributed by atoms with van der Waals surface area (Å²) in [4.78, 5) is 27.6. The Hall–Kier alpha value is -3.61. The van der Waals surface area contributed by atoms with Crippen LogP contribution in [0.5, 0.6) is 11.5 Å². The molecule has 0 bridgehead atoms. The van der Waals surface area contributed by atoms with Crippen LogP contribution in [0, 0.1) is 0 Å².